The normalized spacial score (nSPS) is 19.1. The number of hydrogen-bond acceptors (Lipinski definition) is 5. The molecule has 3 N–H and O–H groups in total. The number of aliphatic hydroxyl groups is 1. The third-order valence-corrected chi connectivity index (χ3v) is 8.05. The number of aliphatic hydroxyl groups excluding tert-OH is 1. The Balaban J connectivity index is 1.23. The first-order chi connectivity index (χ1) is 21.0. The Hall–Kier alpha value is -4.01. The van der Waals surface area contributed by atoms with Gasteiger partial charge in [-0.3, -0.25) is 4.90 Å². The lowest BCUT2D eigenvalue weighted by Crippen LogP contribution is -2.38. The summed E-state index contributed by atoms with van der Waals surface area (Å²) in [5.74, 6) is 0. The minimum Gasteiger partial charge on any atom is -0.392 e. The van der Waals surface area contributed by atoms with Crippen LogP contribution in [0.4, 0.5) is 4.79 Å². The maximum Gasteiger partial charge on any atom is 0.315 e. The summed E-state index contributed by atoms with van der Waals surface area (Å²) in [6.45, 7) is 3.87. The van der Waals surface area contributed by atoms with E-state index in [0.29, 0.717) is 13.1 Å². The van der Waals surface area contributed by atoms with Crippen molar-refractivity contribution in [3.63, 3.8) is 0 Å². The molecule has 5 rings (SSSR count). The minimum absolute atomic E-state index is 0.0121. The van der Waals surface area contributed by atoms with E-state index in [2.05, 4.69) is 53.8 Å². The fourth-order valence-corrected chi connectivity index (χ4v) is 5.31. The molecule has 1 heterocycles. The van der Waals surface area contributed by atoms with Crippen molar-refractivity contribution in [2.24, 2.45) is 0 Å². The van der Waals surface area contributed by atoms with E-state index in [-0.39, 0.29) is 30.9 Å². The number of likely N-dealkylation sites (N-methyl/N-ethyl adjacent to an activating group) is 1. The zero-order valence-corrected chi connectivity index (χ0v) is 24.9. The highest BCUT2D eigenvalue weighted by Crippen LogP contribution is 2.38. The van der Waals surface area contributed by atoms with E-state index in [9.17, 15) is 9.90 Å². The number of nitrogens with zero attached hydrogens (tertiary/aromatic N) is 1. The number of urea groups is 1. The van der Waals surface area contributed by atoms with Gasteiger partial charge in [-0.15, -0.1) is 0 Å². The third-order valence-electron chi connectivity index (χ3n) is 8.05. The second-order valence-corrected chi connectivity index (χ2v) is 11.1. The van der Waals surface area contributed by atoms with Gasteiger partial charge in [0.25, 0.3) is 0 Å². The molecular weight excluding hydrogens is 538 g/mol. The van der Waals surface area contributed by atoms with Gasteiger partial charge in [-0.05, 0) is 41.8 Å². The molecule has 0 aliphatic carbocycles. The molecule has 0 spiro atoms. The van der Waals surface area contributed by atoms with Gasteiger partial charge in [0.05, 0.1) is 18.8 Å². The van der Waals surface area contributed by atoms with Crippen molar-refractivity contribution < 1.29 is 19.4 Å². The molecule has 0 radical (unpaired) electrons. The van der Waals surface area contributed by atoms with Gasteiger partial charge in [-0.25, -0.2) is 4.79 Å². The van der Waals surface area contributed by atoms with E-state index in [4.69, 9.17) is 9.47 Å². The number of amides is 2. The van der Waals surface area contributed by atoms with Crippen molar-refractivity contribution >= 4 is 6.03 Å². The summed E-state index contributed by atoms with van der Waals surface area (Å²) in [6, 6.07) is 36.3. The molecule has 4 aromatic carbocycles. The second kappa shape index (κ2) is 14.9. The molecule has 43 heavy (non-hydrogen) atoms. The molecule has 224 valence electrons. The first kappa shape index (κ1) is 30.4. The highest BCUT2D eigenvalue weighted by Gasteiger charge is 2.33. The van der Waals surface area contributed by atoms with Crippen molar-refractivity contribution in [3.8, 4) is 0 Å². The number of carbonyl (C=O) groups is 1. The van der Waals surface area contributed by atoms with Crippen molar-refractivity contribution in [2.45, 2.75) is 57.6 Å². The Morgan fingerprint density at radius 3 is 1.98 bits per heavy atom. The lowest BCUT2D eigenvalue weighted by molar-refractivity contribution is -0.253. The molecule has 0 bridgehead atoms. The van der Waals surface area contributed by atoms with Crippen LogP contribution >= 0.6 is 0 Å². The number of ether oxygens (including phenoxy) is 2. The summed E-state index contributed by atoms with van der Waals surface area (Å²) < 4.78 is 13.1. The molecule has 0 unspecified atom stereocenters. The van der Waals surface area contributed by atoms with E-state index in [0.717, 1.165) is 40.8 Å². The van der Waals surface area contributed by atoms with Gasteiger partial charge in [-0.2, -0.15) is 0 Å². The molecule has 2 amide bonds. The first-order valence-electron chi connectivity index (χ1n) is 14.9. The zero-order valence-electron chi connectivity index (χ0n) is 24.9. The van der Waals surface area contributed by atoms with Crippen molar-refractivity contribution in [1.82, 2.24) is 15.5 Å². The van der Waals surface area contributed by atoms with Crippen LogP contribution in [0.15, 0.2) is 109 Å². The molecule has 0 saturated carbocycles. The zero-order chi connectivity index (χ0) is 30.0. The van der Waals surface area contributed by atoms with Gasteiger partial charge in [0.2, 0.25) is 0 Å². The summed E-state index contributed by atoms with van der Waals surface area (Å²) in [5.41, 5.74) is 6.17. The molecule has 1 fully saturated rings. The maximum atomic E-state index is 12.3. The number of carbonyl (C=O) groups excluding carboxylic acids is 1. The Kier molecular flexibility index (Phi) is 10.6. The van der Waals surface area contributed by atoms with E-state index >= 15 is 0 Å². The Bertz CT molecular complexity index is 1410. The Morgan fingerprint density at radius 1 is 0.791 bits per heavy atom. The number of benzene rings is 4. The lowest BCUT2D eigenvalue weighted by atomic mass is 9.99. The first-order valence-corrected chi connectivity index (χ1v) is 14.9. The molecule has 0 aromatic heterocycles. The standard InChI is InChI=1S/C36H41N3O4/c1-26(30-11-7-4-8-12-30)39(2)24-33-21-34(31-17-15-29(25-40)16-18-31)43-35(42-33)32-19-13-28(14-20-32)23-38-36(41)37-22-27-9-5-3-6-10-27/h3-20,26,33-35,40H,21-25H2,1-2H3,(H2,37,38,41)/t26-,33-,34+,35+/m0/s1. The maximum absolute atomic E-state index is 12.3. The predicted molar refractivity (Wildman–Crippen MR) is 168 cm³/mol. The smallest absolute Gasteiger partial charge is 0.315 e. The minimum atomic E-state index is -0.530. The molecule has 7 heteroatoms. The van der Waals surface area contributed by atoms with Crippen LogP contribution in [0.1, 0.15) is 65.2 Å². The highest BCUT2D eigenvalue weighted by atomic mass is 16.7. The average Bonchev–Trinajstić information content (AvgIpc) is 3.07. The summed E-state index contributed by atoms with van der Waals surface area (Å²) >= 11 is 0. The van der Waals surface area contributed by atoms with E-state index in [1.54, 1.807) is 0 Å². The van der Waals surface area contributed by atoms with Gasteiger partial charge in [0, 0.05) is 37.7 Å². The molecule has 4 aromatic rings. The van der Waals surface area contributed by atoms with Crippen molar-refractivity contribution in [2.75, 3.05) is 13.6 Å². The fourth-order valence-electron chi connectivity index (χ4n) is 5.31. The lowest BCUT2D eigenvalue weighted by Gasteiger charge is -2.39. The van der Waals surface area contributed by atoms with Crippen LogP contribution in [0.5, 0.6) is 0 Å². The highest BCUT2D eigenvalue weighted by molar-refractivity contribution is 5.73. The van der Waals surface area contributed by atoms with Gasteiger partial charge < -0.3 is 25.2 Å². The quantitative estimate of drug-likeness (QED) is 0.191. The van der Waals surface area contributed by atoms with Gasteiger partial charge >= 0.3 is 6.03 Å². The molecule has 1 saturated heterocycles. The molecule has 7 nitrogen and oxygen atoms in total. The summed E-state index contributed by atoms with van der Waals surface area (Å²) in [6.07, 6.45) is -0.00229. The van der Waals surface area contributed by atoms with Crippen LogP contribution in [0, 0.1) is 0 Å². The molecule has 4 atom stereocenters. The fraction of sp³-hybridized carbons (Fsp3) is 0.306. The molecular formula is C36H41N3O4. The van der Waals surface area contributed by atoms with Crippen LogP contribution in [0.3, 0.4) is 0 Å². The van der Waals surface area contributed by atoms with Gasteiger partial charge in [-0.1, -0.05) is 109 Å². The molecule has 1 aliphatic heterocycles. The second-order valence-electron chi connectivity index (χ2n) is 11.1. The number of rotatable bonds is 11. The van der Waals surface area contributed by atoms with Crippen LogP contribution in [0.2, 0.25) is 0 Å². The van der Waals surface area contributed by atoms with Crippen molar-refractivity contribution in [3.05, 3.63) is 143 Å². The van der Waals surface area contributed by atoms with Crippen LogP contribution in [-0.2, 0) is 29.2 Å². The number of hydrogen-bond donors (Lipinski definition) is 3. The average molecular weight is 580 g/mol. The van der Waals surface area contributed by atoms with Gasteiger partial charge in [0.15, 0.2) is 6.29 Å². The SMILES string of the molecule is C[C@@H](c1ccccc1)N(C)C[C@@H]1C[C@H](c2ccc(CO)cc2)O[C@H](c2ccc(CNC(=O)NCc3ccccc3)cc2)O1. The van der Waals surface area contributed by atoms with Crippen LogP contribution < -0.4 is 10.6 Å². The van der Waals surface area contributed by atoms with Crippen LogP contribution in [0.25, 0.3) is 0 Å². The predicted octanol–water partition coefficient (Wildman–Crippen LogP) is 6.42. The Labute approximate surface area is 254 Å². The van der Waals surface area contributed by atoms with Gasteiger partial charge in [0.1, 0.15) is 0 Å². The Morgan fingerprint density at radius 2 is 1.35 bits per heavy atom. The topological polar surface area (TPSA) is 83.1 Å². The van der Waals surface area contributed by atoms with E-state index in [1.165, 1.54) is 5.56 Å². The summed E-state index contributed by atoms with van der Waals surface area (Å²) in [5, 5.41) is 15.3. The summed E-state index contributed by atoms with van der Waals surface area (Å²) in [4.78, 5) is 14.6. The third kappa shape index (κ3) is 8.52. The largest absolute Gasteiger partial charge is 0.392 e. The summed E-state index contributed by atoms with van der Waals surface area (Å²) in [7, 11) is 2.13. The van der Waals surface area contributed by atoms with Crippen molar-refractivity contribution in [1.29, 1.82) is 0 Å². The van der Waals surface area contributed by atoms with E-state index in [1.807, 2.05) is 84.9 Å². The monoisotopic (exact) mass is 579 g/mol. The molecule has 1 aliphatic rings. The van der Waals surface area contributed by atoms with E-state index < -0.39 is 6.29 Å². The van der Waals surface area contributed by atoms with Crippen LogP contribution in [-0.4, -0.2) is 35.7 Å². The number of nitrogens with one attached hydrogen (secondary N) is 2.